The largest absolute Gasteiger partial charge is 0.493 e. The zero-order valence-corrected chi connectivity index (χ0v) is 10.6. The van der Waals surface area contributed by atoms with Gasteiger partial charge in [-0.25, -0.2) is 4.39 Å². The first-order valence-electron chi connectivity index (χ1n) is 5.68. The van der Waals surface area contributed by atoms with Crippen LogP contribution in [0.2, 0.25) is 0 Å². The third-order valence-electron chi connectivity index (χ3n) is 2.80. The van der Waals surface area contributed by atoms with Crippen LogP contribution in [0.3, 0.4) is 0 Å². The van der Waals surface area contributed by atoms with Gasteiger partial charge < -0.3 is 4.74 Å². The molecule has 0 fully saturated rings. The number of rotatable bonds is 6. The predicted octanol–water partition coefficient (Wildman–Crippen LogP) is 4.38. The Morgan fingerprint density at radius 1 is 1.31 bits per heavy atom. The Morgan fingerprint density at radius 2 is 2.00 bits per heavy atom. The molecule has 3 heteroatoms. The van der Waals surface area contributed by atoms with Gasteiger partial charge in [-0.2, -0.15) is 0 Å². The molecule has 0 aliphatic heterocycles. The van der Waals surface area contributed by atoms with Gasteiger partial charge in [0.15, 0.2) is 0 Å². The average Bonchev–Trinajstić information content (AvgIpc) is 2.31. The van der Waals surface area contributed by atoms with E-state index >= 15 is 0 Å². The van der Waals surface area contributed by atoms with E-state index in [1.165, 1.54) is 12.1 Å². The van der Waals surface area contributed by atoms with Gasteiger partial charge in [-0.15, -0.1) is 11.6 Å². The molecule has 1 nitrogen and oxygen atoms in total. The summed E-state index contributed by atoms with van der Waals surface area (Å²) in [7, 11) is 0. The molecule has 1 aromatic rings. The molecular formula is C13H18ClFO. The lowest BCUT2D eigenvalue weighted by Crippen LogP contribution is -2.11. The Morgan fingerprint density at radius 3 is 2.56 bits per heavy atom. The minimum atomic E-state index is -0.273. The van der Waals surface area contributed by atoms with Gasteiger partial charge >= 0.3 is 0 Å². The van der Waals surface area contributed by atoms with Gasteiger partial charge in [0.25, 0.3) is 0 Å². The SMILES string of the molecule is CCC(CC)COc1ccc(F)cc1CCl. The van der Waals surface area contributed by atoms with Crippen LogP contribution in [0, 0.1) is 11.7 Å². The lowest BCUT2D eigenvalue weighted by molar-refractivity contribution is 0.239. The van der Waals surface area contributed by atoms with Crippen molar-refractivity contribution < 1.29 is 9.13 Å². The van der Waals surface area contributed by atoms with Crippen LogP contribution in [0.15, 0.2) is 18.2 Å². The number of alkyl halides is 1. The van der Waals surface area contributed by atoms with Crippen LogP contribution < -0.4 is 4.74 Å². The van der Waals surface area contributed by atoms with E-state index in [-0.39, 0.29) is 11.7 Å². The lowest BCUT2D eigenvalue weighted by Gasteiger charge is -2.15. The fourth-order valence-corrected chi connectivity index (χ4v) is 1.73. The standard InChI is InChI=1S/C13H18ClFO/c1-3-10(4-2)9-16-13-6-5-12(15)7-11(13)8-14/h5-7,10H,3-4,8-9H2,1-2H3. The third-order valence-corrected chi connectivity index (χ3v) is 3.08. The van der Waals surface area contributed by atoms with E-state index in [1.807, 2.05) is 0 Å². The molecule has 0 bridgehead atoms. The van der Waals surface area contributed by atoms with E-state index in [0.717, 1.165) is 12.8 Å². The summed E-state index contributed by atoms with van der Waals surface area (Å²) < 4.78 is 18.6. The molecule has 1 rings (SSSR count). The van der Waals surface area contributed by atoms with Crippen molar-refractivity contribution in [3.63, 3.8) is 0 Å². The molecule has 0 aliphatic carbocycles. The highest BCUT2D eigenvalue weighted by molar-refractivity contribution is 6.17. The Labute approximate surface area is 102 Å². The second-order valence-corrected chi connectivity index (χ2v) is 4.15. The first-order valence-corrected chi connectivity index (χ1v) is 6.21. The molecule has 0 aromatic heterocycles. The van der Waals surface area contributed by atoms with Crippen molar-refractivity contribution in [3.05, 3.63) is 29.6 Å². The number of hydrogen-bond acceptors (Lipinski definition) is 1. The molecule has 0 radical (unpaired) electrons. The van der Waals surface area contributed by atoms with Crippen LogP contribution >= 0.6 is 11.6 Å². The first-order chi connectivity index (χ1) is 7.71. The molecule has 1 aromatic carbocycles. The maximum Gasteiger partial charge on any atom is 0.123 e. The monoisotopic (exact) mass is 244 g/mol. The molecule has 0 N–H and O–H groups in total. The van der Waals surface area contributed by atoms with E-state index in [1.54, 1.807) is 6.07 Å². The lowest BCUT2D eigenvalue weighted by atomic mass is 10.1. The van der Waals surface area contributed by atoms with Crippen molar-refractivity contribution in [2.45, 2.75) is 32.6 Å². The summed E-state index contributed by atoms with van der Waals surface area (Å²) in [6.07, 6.45) is 2.18. The smallest absolute Gasteiger partial charge is 0.123 e. The van der Waals surface area contributed by atoms with E-state index in [0.29, 0.717) is 23.8 Å². The molecule has 0 amide bonds. The van der Waals surface area contributed by atoms with Gasteiger partial charge in [-0.3, -0.25) is 0 Å². The highest BCUT2D eigenvalue weighted by Gasteiger charge is 2.08. The second kappa shape index (κ2) is 6.74. The highest BCUT2D eigenvalue weighted by atomic mass is 35.5. The van der Waals surface area contributed by atoms with E-state index in [9.17, 15) is 4.39 Å². The van der Waals surface area contributed by atoms with Crippen molar-refractivity contribution in [3.8, 4) is 5.75 Å². The zero-order chi connectivity index (χ0) is 12.0. The minimum absolute atomic E-state index is 0.273. The highest BCUT2D eigenvalue weighted by Crippen LogP contribution is 2.22. The van der Waals surface area contributed by atoms with Gasteiger partial charge in [-0.05, 0) is 24.1 Å². The van der Waals surface area contributed by atoms with Gasteiger partial charge in [-0.1, -0.05) is 26.7 Å². The molecule has 0 spiro atoms. The second-order valence-electron chi connectivity index (χ2n) is 3.88. The topological polar surface area (TPSA) is 9.23 Å². The molecule has 0 unspecified atom stereocenters. The van der Waals surface area contributed by atoms with Crippen molar-refractivity contribution in [2.75, 3.05) is 6.61 Å². The van der Waals surface area contributed by atoms with Crippen molar-refractivity contribution in [2.24, 2.45) is 5.92 Å². The van der Waals surface area contributed by atoms with Gasteiger partial charge in [0.05, 0.1) is 12.5 Å². The molecular weight excluding hydrogens is 227 g/mol. The molecule has 90 valence electrons. The van der Waals surface area contributed by atoms with Crippen molar-refractivity contribution in [1.29, 1.82) is 0 Å². The van der Waals surface area contributed by atoms with Crippen LogP contribution in [0.1, 0.15) is 32.3 Å². The fourth-order valence-electron chi connectivity index (χ4n) is 1.53. The number of benzene rings is 1. The van der Waals surface area contributed by atoms with Crippen molar-refractivity contribution >= 4 is 11.6 Å². The maximum atomic E-state index is 13.0. The van der Waals surface area contributed by atoms with Gasteiger partial charge in [0.2, 0.25) is 0 Å². The maximum absolute atomic E-state index is 13.0. The van der Waals surface area contributed by atoms with Crippen molar-refractivity contribution in [1.82, 2.24) is 0 Å². The quantitative estimate of drug-likeness (QED) is 0.675. The summed E-state index contributed by atoms with van der Waals surface area (Å²) >= 11 is 5.74. The van der Waals surface area contributed by atoms with Crippen LogP contribution in [0.25, 0.3) is 0 Å². The summed E-state index contributed by atoms with van der Waals surface area (Å²) in [5.41, 5.74) is 0.715. The molecule has 0 aliphatic rings. The fraction of sp³-hybridized carbons (Fsp3) is 0.538. The minimum Gasteiger partial charge on any atom is -0.493 e. The molecule has 0 saturated heterocycles. The third kappa shape index (κ3) is 3.67. The Kier molecular flexibility index (Phi) is 5.61. The molecule has 0 atom stereocenters. The summed E-state index contributed by atoms with van der Waals surface area (Å²) in [6.45, 7) is 4.96. The summed E-state index contributed by atoms with van der Waals surface area (Å²) in [4.78, 5) is 0. The first kappa shape index (κ1) is 13.3. The van der Waals surface area contributed by atoms with E-state index in [2.05, 4.69) is 13.8 Å². The molecule has 0 saturated carbocycles. The average molecular weight is 245 g/mol. The Balaban J connectivity index is 2.65. The number of hydrogen-bond donors (Lipinski definition) is 0. The Hall–Kier alpha value is -0.760. The van der Waals surface area contributed by atoms with Crippen LogP contribution in [0.5, 0.6) is 5.75 Å². The van der Waals surface area contributed by atoms with E-state index in [4.69, 9.17) is 16.3 Å². The van der Waals surface area contributed by atoms with Crippen LogP contribution in [-0.4, -0.2) is 6.61 Å². The summed E-state index contributed by atoms with van der Waals surface area (Å²) in [5, 5.41) is 0. The number of halogens is 2. The number of ether oxygens (including phenoxy) is 1. The zero-order valence-electron chi connectivity index (χ0n) is 9.80. The van der Waals surface area contributed by atoms with Crippen LogP contribution in [0.4, 0.5) is 4.39 Å². The van der Waals surface area contributed by atoms with Gasteiger partial charge in [0, 0.05) is 5.56 Å². The predicted molar refractivity (Wildman–Crippen MR) is 65.5 cm³/mol. The molecule has 16 heavy (non-hydrogen) atoms. The Bertz CT molecular complexity index is 324. The normalized spacial score (nSPS) is 10.8. The van der Waals surface area contributed by atoms with E-state index < -0.39 is 0 Å². The molecule has 0 heterocycles. The van der Waals surface area contributed by atoms with Gasteiger partial charge in [0.1, 0.15) is 11.6 Å². The van der Waals surface area contributed by atoms with Crippen LogP contribution in [-0.2, 0) is 5.88 Å². The summed E-state index contributed by atoms with van der Waals surface area (Å²) in [5.74, 6) is 1.25. The summed E-state index contributed by atoms with van der Waals surface area (Å²) in [6, 6.07) is 4.48.